The smallest absolute Gasteiger partial charge is 0.00179 e. The third-order valence-corrected chi connectivity index (χ3v) is 5.43. The maximum atomic E-state index is 3.65. The van der Waals surface area contributed by atoms with Gasteiger partial charge in [0.15, 0.2) is 0 Å². The average Bonchev–Trinajstić information content (AvgIpc) is 2.40. The van der Waals surface area contributed by atoms with Gasteiger partial charge in [-0.1, -0.05) is 33.6 Å². The van der Waals surface area contributed by atoms with Gasteiger partial charge >= 0.3 is 0 Å². The lowest BCUT2D eigenvalue weighted by Crippen LogP contribution is -2.33. The van der Waals surface area contributed by atoms with Gasteiger partial charge < -0.3 is 5.32 Å². The molecule has 1 nitrogen and oxygen atoms in total. The van der Waals surface area contributed by atoms with Crippen molar-refractivity contribution in [3.05, 3.63) is 0 Å². The fourth-order valence-corrected chi connectivity index (χ4v) is 4.02. The molecule has 1 rings (SSSR count). The summed E-state index contributed by atoms with van der Waals surface area (Å²) in [5.41, 5.74) is 0. The van der Waals surface area contributed by atoms with Gasteiger partial charge in [-0.25, -0.2) is 0 Å². The van der Waals surface area contributed by atoms with E-state index in [1.54, 1.807) is 0 Å². The molecule has 108 valence electrons. The molecule has 0 aliphatic heterocycles. The maximum Gasteiger partial charge on any atom is -0.00179 e. The molecule has 0 bridgehead atoms. The van der Waals surface area contributed by atoms with Crippen LogP contribution in [0.1, 0.15) is 59.3 Å². The summed E-state index contributed by atoms with van der Waals surface area (Å²) in [6.07, 6.45) is 8.56. The van der Waals surface area contributed by atoms with E-state index in [4.69, 9.17) is 0 Å². The fourth-order valence-electron chi connectivity index (χ4n) is 3.26. The third-order valence-electron chi connectivity index (χ3n) is 4.50. The minimum absolute atomic E-state index is 0.955. The van der Waals surface area contributed by atoms with Gasteiger partial charge in [0.05, 0.1) is 0 Å². The highest BCUT2D eigenvalue weighted by atomic mass is 32.2. The molecule has 18 heavy (non-hydrogen) atoms. The van der Waals surface area contributed by atoms with Crippen molar-refractivity contribution in [2.24, 2.45) is 17.8 Å². The van der Waals surface area contributed by atoms with Crippen LogP contribution in [0.3, 0.4) is 0 Å². The minimum atomic E-state index is 0.955. The lowest BCUT2D eigenvalue weighted by molar-refractivity contribution is 0.169. The van der Waals surface area contributed by atoms with Crippen molar-refractivity contribution in [3.63, 3.8) is 0 Å². The van der Waals surface area contributed by atoms with Crippen molar-refractivity contribution < 1.29 is 0 Å². The second kappa shape index (κ2) is 10.1. The first kappa shape index (κ1) is 16.4. The molecule has 2 heteroatoms. The molecule has 1 aliphatic carbocycles. The Morgan fingerprint density at radius 2 is 1.94 bits per heavy atom. The normalized spacial score (nSPS) is 28.5. The fraction of sp³-hybridized carbons (Fsp3) is 1.00. The van der Waals surface area contributed by atoms with Crippen LogP contribution in [0.15, 0.2) is 0 Å². The predicted molar refractivity (Wildman–Crippen MR) is 85.4 cm³/mol. The number of nitrogens with one attached hydrogen (secondary N) is 1. The van der Waals surface area contributed by atoms with Crippen LogP contribution in [0.25, 0.3) is 0 Å². The summed E-state index contributed by atoms with van der Waals surface area (Å²) < 4.78 is 0. The SMILES string of the molecule is CCCNCC1CCC(CC)CC1CCSCC. The molecule has 1 saturated carbocycles. The zero-order valence-corrected chi connectivity index (χ0v) is 13.5. The summed E-state index contributed by atoms with van der Waals surface area (Å²) in [4.78, 5) is 0. The molecule has 0 aromatic heterocycles. The van der Waals surface area contributed by atoms with Crippen LogP contribution in [0, 0.1) is 17.8 Å². The number of thioether (sulfide) groups is 1. The number of hydrogen-bond donors (Lipinski definition) is 1. The largest absolute Gasteiger partial charge is 0.316 e. The summed E-state index contributed by atoms with van der Waals surface area (Å²) in [5, 5.41) is 3.65. The molecular formula is C16H33NS. The quantitative estimate of drug-likeness (QED) is 0.616. The third kappa shape index (κ3) is 5.97. The first-order valence-corrected chi connectivity index (χ1v) is 9.25. The highest BCUT2D eigenvalue weighted by molar-refractivity contribution is 7.99. The molecular weight excluding hydrogens is 238 g/mol. The molecule has 3 atom stereocenters. The Labute approximate surface area is 119 Å². The summed E-state index contributed by atoms with van der Waals surface area (Å²) >= 11 is 2.12. The van der Waals surface area contributed by atoms with E-state index in [2.05, 4.69) is 37.8 Å². The molecule has 0 heterocycles. The van der Waals surface area contributed by atoms with E-state index >= 15 is 0 Å². The zero-order valence-electron chi connectivity index (χ0n) is 12.7. The summed E-state index contributed by atoms with van der Waals surface area (Å²) in [5.74, 6) is 5.62. The lowest BCUT2D eigenvalue weighted by atomic mass is 9.72. The van der Waals surface area contributed by atoms with Crippen LogP contribution in [-0.4, -0.2) is 24.6 Å². The van der Waals surface area contributed by atoms with E-state index in [1.165, 1.54) is 63.1 Å². The topological polar surface area (TPSA) is 12.0 Å². The first-order valence-electron chi connectivity index (χ1n) is 8.10. The highest BCUT2D eigenvalue weighted by Gasteiger charge is 2.28. The van der Waals surface area contributed by atoms with E-state index in [0.29, 0.717) is 0 Å². The van der Waals surface area contributed by atoms with Gasteiger partial charge in [0.2, 0.25) is 0 Å². The van der Waals surface area contributed by atoms with Crippen LogP contribution in [0.2, 0.25) is 0 Å². The van der Waals surface area contributed by atoms with Crippen LogP contribution in [0.5, 0.6) is 0 Å². The molecule has 0 aromatic rings. The molecule has 0 aromatic carbocycles. The van der Waals surface area contributed by atoms with Crippen LogP contribution in [-0.2, 0) is 0 Å². The second-order valence-electron chi connectivity index (χ2n) is 5.80. The van der Waals surface area contributed by atoms with Crippen molar-refractivity contribution in [3.8, 4) is 0 Å². The van der Waals surface area contributed by atoms with E-state index in [0.717, 1.165) is 17.8 Å². The van der Waals surface area contributed by atoms with Gasteiger partial charge in [0.1, 0.15) is 0 Å². The van der Waals surface area contributed by atoms with Gasteiger partial charge in [0.25, 0.3) is 0 Å². The Kier molecular flexibility index (Phi) is 9.22. The van der Waals surface area contributed by atoms with Gasteiger partial charge in [-0.15, -0.1) is 0 Å². The standard InChI is InChI=1S/C16H33NS/c1-4-10-17-13-16-8-7-14(5-2)12-15(16)9-11-18-6-3/h14-17H,4-13H2,1-3H3. The van der Waals surface area contributed by atoms with Gasteiger partial charge in [-0.2, -0.15) is 11.8 Å². The molecule has 3 unspecified atom stereocenters. The van der Waals surface area contributed by atoms with E-state index < -0.39 is 0 Å². The highest BCUT2D eigenvalue weighted by Crippen LogP contribution is 2.37. The Bertz CT molecular complexity index is 194. The van der Waals surface area contributed by atoms with Crippen molar-refractivity contribution in [1.29, 1.82) is 0 Å². The summed E-state index contributed by atoms with van der Waals surface area (Å²) in [6.45, 7) is 9.38. The minimum Gasteiger partial charge on any atom is -0.316 e. The maximum absolute atomic E-state index is 3.65. The van der Waals surface area contributed by atoms with E-state index in [9.17, 15) is 0 Å². The van der Waals surface area contributed by atoms with Crippen LogP contribution >= 0.6 is 11.8 Å². The Balaban J connectivity index is 2.35. The molecule has 1 fully saturated rings. The summed E-state index contributed by atoms with van der Waals surface area (Å²) in [6, 6.07) is 0. The molecule has 1 aliphatic rings. The molecule has 0 spiro atoms. The average molecular weight is 272 g/mol. The first-order chi connectivity index (χ1) is 8.81. The summed E-state index contributed by atoms with van der Waals surface area (Å²) in [7, 11) is 0. The second-order valence-corrected chi connectivity index (χ2v) is 7.19. The Morgan fingerprint density at radius 3 is 2.61 bits per heavy atom. The predicted octanol–water partition coefficient (Wildman–Crippen LogP) is 4.57. The molecule has 0 saturated heterocycles. The van der Waals surface area contributed by atoms with Gasteiger partial charge in [-0.05, 0) is 68.0 Å². The van der Waals surface area contributed by atoms with Crippen molar-refractivity contribution in [1.82, 2.24) is 5.32 Å². The molecule has 0 amide bonds. The van der Waals surface area contributed by atoms with Gasteiger partial charge in [0, 0.05) is 0 Å². The van der Waals surface area contributed by atoms with Crippen LogP contribution < -0.4 is 5.32 Å². The molecule has 0 radical (unpaired) electrons. The Hall–Kier alpha value is 0.310. The van der Waals surface area contributed by atoms with Crippen molar-refractivity contribution in [2.75, 3.05) is 24.6 Å². The van der Waals surface area contributed by atoms with E-state index in [-0.39, 0.29) is 0 Å². The van der Waals surface area contributed by atoms with E-state index in [1.807, 2.05) is 0 Å². The Morgan fingerprint density at radius 1 is 1.11 bits per heavy atom. The van der Waals surface area contributed by atoms with Gasteiger partial charge in [-0.3, -0.25) is 0 Å². The number of hydrogen-bond acceptors (Lipinski definition) is 2. The monoisotopic (exact) mass is 271 g/mol. The van der Waals surface area contributed by atoms with Crippen LogP contribution in [0.4, 0.5) is 0 Å². The lowest BCUT2D eigenvalue weighted by Gasteiger charge is -2.36. The van der Waals surface area contributed by atoms with Crippen molar-refractivity contribution >= 4 is 11.8 Å². The number of rotatable bonds is 9. The van der Waals surface area contributed by atoms with Crippen molar-refractivity contribution in [2.45, 2.75) is 59.3 Å². The zero-order chi connectivity index (χ0) is 13.2. The molecule has 1 N–H and O–H groups in total.